The van der Waals surface area contributed by atoms with Crippen molar-refractivity contribution in [3.05, 3.63) is 23.8 Å². The SMILES string of the molecule is CCCn1c(SC)nc2cccc(C)c21. The number of benzene rings is 1. The molecular weight excluding hydrogens is 204 g/mol. The molecule has 2 aromatic rings. The van der Waals surface area contributed by atoms with Crippen LogP contribution in [-0.4, -0.2) is 15.8 Å². The fourth-order valence-corrected chi connectivity index (χ4v) is 2.52. The number of aromatic nitrogens is 2. The Morgan fingerprint density at radius 2 is 2.20 bits per heavy atom. The molecule has 0 spiro atoms. The van der Waals surface area contributed by atoms with Gasteiger partial charge in [-0.05, 0) is 31.2 Å². The number of nitrogens with zero attached hydrogens (tertiary/aromatic N) is 2. The lowest BCUT2D eigenvalue weighted by Gasteiger charge is -2.06. The van der Waals surface area contributed by atoms with Crippen molar-refractivity contribution in [1.82, 2.24) is 9.55 Å². The molecule has 80 valence electrons. The van der Waals surface area contributed by atoms with Crippen LogP contribution < -0.4 is 0 Å². The molecule has 0 saturated heterocycles. The number of fused-ring (bicyclic) bond motifs is 1. The second-order valence-electron chi connectivity index (χ2n) is 3.69. The van der Waals surface area contributed by atoms with Crippen molar-refractivity contribution in [1.29, 1.82) is 0 Å². The van der Waals surface area contributed by atoms with Crippen LogP contribution in [0.2, 0.25) is 0 Å². The van der Waals surface area contributed by atoms with Gasteiger partial charge in [-0.1, -0.05) is 30.8 Å². The van der Waals surface area contributed by atoms with Crippen LogP contribution in [-0.2, 0) is 6.54 Å². The Kier molecular flexibility index (Phi) is 3.00. The summed E-state index contributed by atoms with van der Waals surface area (Å²) in [7, 11) is 0. The maximum absolute atomic E-state index is 4.64. The Morgan fingerprint density at radius 3 is 2.87 bits per heavy atom. The summed E-state index contributed by atoms with van der Waals surface area (Å²) in [6, 6.07) is 6.32. The van der Waals surface area contributed by atoms with Gasteiger partial charge in [0, 0.05) is 6.54 Å². The topological polar surface area (TPSA) is 17.8 Å². The van der Waals surface area contributed by atoms with Gasteiger partial charge in [0.2, 0.25) is 0 Å². The van der Waals surface area contributed by atoms with Gasteiger partial charge >= 0.3 is 0 Å². The van der Waals surface area contributed by atoms with Crippen molar-refractivity contribution in [3.8, 4) is 0 Å². The van der Waals surface area contributed by atoms with Crippen LogP contribution in [0, 0.1) is 6.92 Å². The Hall–Kier alpha value is -0.960. The number of hydrogen-bond donors (Lipinski definition) is 0. The molecule has 0 radical (unpaired) electrons. The molecule has 0 saturated carbocycles. The zero-order valence-electron chi connectivity index (χ0n) is 9.45. The Morgan fingerprint density at radius 1 is 1.40 bits per heavy atom. The molecule has 0 bridgehead atoms. The van der Waals surface area contributed by atoms with E-state index in [2.05, 4.69) is 47.9 Å². The minimum atomic E-state index is 1.05. The van der Waals surface area contributed by atoms with Crippen LogP contribution in [0.1, 0.15) is 18.9 Å². The highest BCUT2D eigenvalue weighted by atomic mass is 32.2. The van der Waals surface area contributed by atoms with E-state index in [4.69, 9.17) is 0 Å². The molecule has 0 fully saturated rings. The first-order chi connectivity index (χ1) is 7.27. The third kappa shape index (κ3) is 1.76. The summed E-state index contributed by atoms with van der Waals surface area (Å²) >= 11 is 1.72. The lowest BCUT2D eigenvalue weighted by atomic mass is 10.2. The van der Waals surface area contributed by atoms with Crippen molar-refractivity contribution in [2.24, 2.45) is 0 Å². The van der Waals surface area contributed by atoms with E-state index in [9.17, 15) is 0 Å². The van der Waals surface area contributed by atoms with Crippen LogP contribution in [0.4, 0.5) is 0 Å². The van der Waals surface area contributed by atoms with E-state index in [1.165, 1.54) is 11.1 Å². The summed E-state index contributed by atoms with van der Waals surface area (Å²) in [5.41, 5.74) is 3.73. The summed E-state index contributed by atoms with van der Waals surface area (Å²) in [6.45, 7) is 5.41. The highest BCUT2D eigenvalue weighted by Crippen LogP contribution is 2.25. The largest absolute Gasteiger partial charge is 0.319 e. The van der Waals surface area contributed by atoms with Crippen LogP contribution >= 0.6 is 11.8 Å². The zero-order chi connectivity index (χ0) is 10.8. The first-order valence-corrected chi connectivity index (χ1v) is 6.50. The van der Waals surface area contributed by atoms with E-state index in [0.717, 1.165) is 23.6 Å². The van der Waals surface area contributed by atoms with E-state index in [1.54, 1.807) is 11.8 Å². The maximum atomic E-state index is 4.64. The van der Waals surface area contributed by atoms with Crippen LogP contribution in [0.5, 0.6) is 0 Å². The summed E-state index contributed by atoms with van der Waals surface area (Å²) in [5.74, 6) is 0. The molecule has 2 nitrogen and oxygen atoms in total. The van der Waals surface area contributed by atoms with Gasteiger partial charge in [0.25, 0.3) is 0 Å². The van der Waals surface area contributed by atoms with Crippen molar-refractivity contribution in [2.75, 3.05) is 6.26 Å². The Balaban J connectivity index is 2.70. The van der Waals surface area contributed by atoms with Gasteiger partial charge in [0.1, 0.15) is 0 Å². The maximum Gasteiger partial charge on any atom is 0.168 e. The summed E-state index contributed by atoms with van der Waals surface area (Å²) < 4.78 is 2.33. The smallest absolute Gasteiger partial charge is 0.168 e. The molecule has 0 unspecified atom stereocenters. The zero-order valence-corrected chi connectivity index (χ0v) is 10.3. The number of thioether (sulfide) groups is 1. The third-order valence-corrected chi connectivity index (χ3v) is 3.24. The molecule has 1 aromatic heterocycles. The summed E-state index contributed by atoms with van der Waals surface area (Å²) in [5, 5.41) is 1.13. The van der Waals surface area contributed by atoms with Crippen LogP contribution in [0.25, 0.3) is 11.0 Å². The number of hydrogen-bond acceptors (Lipinski definition) is 2. The van der Waals surface area contributed by atoms with Crippen molar-refractivity contribution < 1.29 is 0 Å². The van der Waals surface area contributed by atoms with E-state index >= 15 is 0 Å². The van der Waals surface area contributed by atoms with Gasteiger partial charge < -0.3 is 4.57 Å². The quantitative estimate of drug-likeness (QED) is 0.737. The lowest BCUT2D eigenvalue weighted by Crippen LogP contribution is -1.99. The fourth-order valence-electron chi connectivity index (χ4n) is 1.93. The molecule has 2 rings (SSSR count). The highest BCUT2D eigenvalue weighted by Gasteiger charge is 2.10. The molecule has 0 aliphatic carbocycles. The molecule has 15 heavy (non-hydrogen) atoms. The molecule has 0 N–H and O–H groups in total. The lowest BCUT2D eigenvalue weighted by molar-refractivity contribution is 0.638. The number of rotatable bonds is 3. The monoisotopic (exact) mass is 220 g/mol. The number of para-hydroxylation sites is 1. The van der Waals surface area contributed by atoms with Crippen LogP contribution in [0.3, 0.4) is 0 Å². The minimum absolute atomic E-state index is 1.05. The molecule has 0 atom stereocenters. The molecule has 3 heteroatoms. The molecule has 1 aromatic carbocycles. The second kappa shape index (κ2) is 4.27. The van der Waals surface area contributed by atoms with Gasteiger partial charge in [-0.25, -0.2) is 4.98 Å². The standard InChI is InChI=1S/C12H16N2S/c1-4-8-14-11-9(2)6-5-7-10(11)13-12(14)15-3/h5-7H,4,8H2,1-3H3. The average Bonchev–Trinajstić information content (AvgIpc) is 2.58. The van der Waals surface area contributed by atoms with Gasteiger partial charge in [-0.3, -0.25) is 0 Å². The third-order valence-electron chi connectivity index (χ3n) is 2.56. The van der Waals surface area contributed by atoms with Gasteiger partial charge in [0.15, 0.2) is 5.16 Å². The highest BCUT2D eigenvalue weighted by molar-refractivity contribution is 7.98. The fraction of sp³-hybridized carbons (Fsp3) is 0.417. The van der Waals surface area contributed by atoms with Gasteiger partial charge in [-0.15, -0.1) is 0 Å². The van der Waals surface area contributed by atoms with E-state index in [0.29, 0.717) is 0 Å². The van der Waals surface area contributed by atoms with Crippen LogP contribution in [0.15, 0.2) is 23.4 Å². The van der Waals surface area contributed by atoms with E-state index in [-0.39, 0.29) is 0 Å². The van der Waals surface area contributed by atoms with Crippen molar-refractivity contribution in [3.63, 3.8) is 0 Å². The molecule has 0 aliphatic rings. The second-order valence-corrected chi connectivity index (χ2v) is 4.47. The van der Waals surface area contributed by atoms with Crippen molar-refractivity contribution in [2.45, 2.75) is 32.0 Å². The predicted octanol–water partition coefficient (Wildman–Crippen LogP) is 3.48. The van der Waals surface area contributed by atoms with E-state index in [1.807, 2.05) is 0 Å². The van der Waals surface area contributed by atoms with Gasteiger partial charge in [-0.2, -0.15) is 0 Å². The first kappa shape index (κ1) is 10.6. The normalized spacial score (nSPS) is 11.1. The average molecular weight is 220 g/mol. The Labute approximate surface area is 94.7 Å². The first-order valence-electron chi connectivity index (χ1n) is 5.27. The number of imidazole rings is 1. The summed E-state index contributed by atoms with van der Waals surface area (Å²) in [6.07, 6.45) is 3.23. The minimum Gasteiger partial charge on any atom is -0.319 e. The predicted molar refractivity (Wildman–Crippen MR) is 66.5 cm³/mol. The molecule has 0 aliphatic heterocycles. The molecular formula is C12H16N2S. The number of aryl methyl sites for hydroxylation is 2. The van der Waals surface area contributed by atoms with Gasteiger partial charge in [0.05, 0.1) is 11.0 Å². The van der Waals surface area contributed by atoms with Crippen molar-refractivity contribution >= 4 is 22.8 Å². The summed E-state index contributed by atoms with van der Waals surface area (Å²) in [4.78, 5) is 4.64. The van der Waals surface area contributed by atoms with E-state index < -0.39 is 0 Å². The molecule has 0 amide bonds. The molecule has 1 heterocycles. The Bertz CT molecular complexity index is 474.